The fraction of sp³-hybridized carbons (Fsp3) is 0.176. The van der Waals surface area contributed by atoms with Crippen LogP contribution in [0.1, 0.15) is 11.1 Å². The maximum absolute atomic E-state index is 10.8. The van der Waals surface area contributed by atoms with Gasteiger partial charge in [-0.3, -0.25) is 10.2 Å². The molecule has 0 atom stereocenters. The van der Waals surface area contributed by atoms with Gasteiger partial charge in [-0.15, -0.1) is 0 Å². The number of carbonyl (C=O) groups is 1. The van der Waals surface area contributed by atoms with Gasteiger partial charge in [-0.25, -0.2) is 0 Å². The molecule has 0 saturated heterocycles. The van der Waals surface area contributed by atoms with Gasteiger partial charge in [-0.2, -0.15) is 5.10 Å². The van der Waals surface area contributed by atoms with E-state index < -0.39 is 5.91 Å². The van der Waals surface area contributed by atoms with Crippen LogP contribution < -0.4 is 20.6 Å². The number of halogens is 1. The molecule has 24 heavy (non-hydrogen) atoms. The molecule has 126 valence electrons. The van der Waals surface area contributed by atoms with Crippen LogP contribution in [0.5, 0.6) is 11.5 Å². The van der Waals surface area contributed by atoms with Gasteiger partial charge in [0.25, 0.3) is 5.91 Å². The zero-order valence-corrected chi connectivity index (χ0v) is 14.1. The van der Waals surface area contributed by atoms with Gasteiger partial charge in [0.1, 0.15) is 0 Å². The molecule has 2 aromatic rings. The summed E-state index contributed by atoms with van der Waals surface area (Å²) < 4.78 is 10.5. The van der Waals surface area contributed by atoms with Crippen molar-refractivity contribution in [3.05, 3.63) is 52.5 Å². The first-order chi connectivity index (χ1) is 11.5. The second kappa shape index (κ2) is 8.21. The second-order valence-corrected chi connectivity index (χ2v) is 5.41. The Kier molecular flexibility index (Phi) is 6.03. The third kappa shape index (κ3) is 4.89. The van der Waals surface area contributed by atoms with Crippen molar-refractivity contribution in [1.29, 1.82) is 0 Å². The molecule has 0 spiro atoms. The van der Waals surface area contributed by atoms with Crippen LogP contribution in [-0.4, -0.2) is 25.8 Å². The van der Waals surface area contributed by atoms with E-state index in [1.807, 2.05) is 19.1 Å². The van der Waals surface area contributed by atoms with E-state index in [-0.39, 0.29) is 6.61 Å². The number of ether oxygens (including phenoxy) is 2. The molecule has 0 radical (unpaired) electrons. The molecule has 2 aromatic carbocycles. The number of methoxy groups -OCH3 is 1. The smallest absolute Gasteiger partial charge is 0.255 e. The van der Waals surface area contributed by atoms with Crippen LogP contribution in [0.4, 0.5) is 5.69 Å². The summed E-state index contributed by atoms with van der Waals surface area (Å²) in [6.07, 6.45) is 1.63. The maximum Gasteiger partial charge on any atom is 0.255 e. The number of hydrazone groups is 1. The third-order valence-electron chi connectivity index (χ3n) is 3.14. The molecule has 0 heterocycles. The molecular formula is C17H18ClN3O3. The molecule has 0 unspecified atom stereocenters. The Labute approximate surface area is 145 Å². The number of hydrogen-bond donors (Lipinski definition) is 2. The lowest BCUT2D eigenvalue weighted by atomic mass is 10.2. The molecule has 2 rings (SSSR count). The Balaban J connectivity index is 2.06. The first-order valence-electron chi connectivity index (χ1n) is 7.14. The van der Waals surface area contributed by atoms with Crippen LogP contribution in [0, 0.1) is 6.92 Å². The van der Waals surface area contributed by atoms with Gasteiger partial charge in [0.05, 0.1) is 19.0 Å². The highest BCUT2D eigenvalue weighted by Gasteiger charge is 2.06. The van der Waals surface area contributed by atoms with E-state index >= 15 is 0 Å². The normalized spacial score (nSPS) is 10.6. The Hall–Kier alpha value is -2.73. The summed E-state index contributed by atoms with van der Waals surface area (Å²) in [5, 5.41) is 4.83. The maximum atomic E-state index is 10.8. The minimum Gasteiger partial charge on any atom is -0.493 e. The Morgan fingerprint density at radius 1 is 1.29 bits per heavy atom. The number of hydrogen-bond acceptors (Lipinski definition) is 5. The standard InChI is InChI=1S/C17H18ClN3O3/c1-11-3-5-13(8-14(11)18)21-20-9-12-4-6-15(16(7-12)23-2)24-10-17(19)22/h3-9,21H,10H2,1-2H3,(H2,19,22)/b20-9-. The van der Waals surface area contributed by atoms with Gasteiger partial charge in [0, 0.05) is 5.02 Å². The number of nitrogens with one attached hydrogen (secondary N) is 1. The van der Waals surface area contributed by atoms with Gasteiger partial charge < -0.3 is 15.2 Å². The number of benzene rings is 2. The molecule has 0 aromatic heterocycles. The number of rotatable bonds is 7. The summed E-state index contributed by atoms with van der Waals surface area (Å²) in [5.41, 5.74) is 10.5. The summed E-state index contributed by atoms with van der Waals surface area (Å²) in [6.45, 7) is 1.73. The average Bonchev–Trinajstić information content (AvgIpc) is 2.56. The largest absolute Gasteiger partial charge is 0.493 e. The highest BCUT2D eigenvalue weighted by Crippen LogP contribution is 2.27. The quantitative estimate of drug-likeness (QED) is 0.595. The molecule has 0 aliphatic rings. The molecule has 7 heteroatoms. The lowest BCUT2D eigenvalue weighted by Gasteiger charge is -2.09. The monoisotopic (exact) mass is 347 g/mol. The second-order valence-electron chi connectivity index (χ2n) is 5.00. The van der Waals surface area contributed by atoms with Crippen LogP contribution in [0.2, 0.25) is 5.02 Å². The molecule has 0 aliphatic carbocycles. The summed E-state index contributed by atoms with van der Waals surface area (Å²) in [6, 6.07) is 10.8. The fourth-order valence-corrected chi connectivity index (χ4v) is 2.06. The van der Waals surface area contributed by atoms with E-state index in [4.69, 9.17) is 26.8 Å². The highest BCUT2D eigenvalue weighted by atomic mass is 35.5. The van der Waals surface area contributed by atoms with Crippen molar-refractivity contribution < 1.29 is 14.3 Å². The molecule has 0 bridgehead atoms. The number of amides is 1. The fourth-order valence-electron chi connectivity index (χ4n) is 1.88. The predicted molar refractivity (Wildman–Crippen MR) is 95.1 cm³/mol. The molecular weight excluding hydrogens is 330 g/mol. The number of nitrogens with two attached hydrogens (primary N) is 1. The van der Waals surface area contributed by atoms with E-state index in [1.165, 1.54) is 7.11 Å². The zero-order valence-electron chi connectivity index (χ0n) is 13.4. The van der Waals surface area contributed by atoms with Crippen molar-refractivity contribution in [2.24, 2.45) is 10.8 Å². The topological polar surface area (TPSA) is 85.9 Å². The van der Waals surface area contributed by atoms with Crippen molar-refractivity contribution in [3.63, 3.8) is 0 Å². The summed E-state index contributed by atoms with van der Waals surface area (Å²) >= 11 is 6.06. The first-order valence-corrected chi connectivity index (χ1v) is 7.52. The van der Waals surface area contributed by atoms with E-state index in [0.717, 1.165) is 16.8 Å². The highest BCUT2D eigenvalue weighted by molar-refractivity contribution is 6.31. The van der Waals surface area contributed by atoms with Gasteiger partial charge in [-0.1, -0.05) is 17.7 Å². The van der Waals surface area contributed by atoms with Crippen LogP contribution in [0.25, 0.3) is 0 Å². The molecule has 0 aliphatic heterocycles. The number of nitrogens with zero attached hydrogens (tertiary/aromatic N) is 1. The van der Waals surface area contributed by atoms with E-state index in [2.05, 4.69) is 10.5 Å². The van der Waals surface area contributed by atoms with Crippen molar-refractivity contribution in [3.8, 4) is 11.5 Å². The van der Waals surface area contributed by atoms with E-state index in [1.54, 1.807) is 30.5 Å². The lowest BCUT2D eigenvalue weighted by molar-refractivity contribution is -0.119. The molecule has 0 saturated carbocycles. The summed E-state index contributed by atoms with van der Waals surface area (Å²) in [5.74, 6) is 0.369. The molecule has 3 N–H and O–H groups in total. The van der Waals surface area contributed by atoms with Crippen molar-refractivity contribution in [1.82, 2.24) is 0 Å². The zero-order chi connectivity index (χ0) is 17.5. The third-order valence-corrected chi connectivity index (χ3v) is 3.54. The number of aryl methyl sites for hydroxylation is 1. The lowest BCUT2D eigenvalue weighted by Crippen LogP contribution is -2.20. The van der Waals surface area contributed by atoms with Gasteiger partial charge in [-0.05, 0) is 48.4 Å². The number of primary amides is 1. The minimum absolute atomic E-state index is 0.209. The summed E-state index contributed by atoms with van der Waals surface area (Å²) in [4.78, 5) is 10.8. The van der Waals surface area contributed by atoms with Gasteiger partial charge >= 0.3 is 0 Å². The van der Waals surface area contributed by atoms with Crippen LogP contribution in [-0.2, 0) is 4.79 Å². The van der Waals surface area contributed by atoms with Crippen LogP contribution in [0.3, 0.4) is 0 Å². The SMILES string of the molecule is COc1cc(/C=N\Nc2ccc(C)c(Cl)c2)ccc1OCC(N)=O. The predicted octanol–water partition coefficient (Wildman–Crippen LogP) is 2.97. The Morgan fingerprint density at radius 3 is 2.75 bits per heavy atom. The van der Waals surface area contributed by atoms with E-state index in [0.29, 0.717) is 16.5 Å². The Bertz CT molecular complexity index is 763. The Morgan fingerprint density at radius 2 is 2.08 bits per heavy atom. The molecule has 6 nitrogen and oxygen atoms in total. The van der Waals surface area contributed by atoms with Crippen molar-refractivity contribution >= 4 is 29.4 Å². The minimum atomic E-state index is -0.552. The molecule has 1 amide bonds. The van der Waals surface area contributed by atoms with Crippen molar-refractivity contribution in [2.75, 3.05) is 19.1 Å². The van der Waals surface area contributed by atoms with Crippen LogP contribution in [0.15, 0.2) is 41.5 Å². The van der Waals surface area contributed by atoms with Crippen molar-refractivity contribution in [2.45, 2.75) is 6.92 Å². The number of carbonyl (C=O) groups excluding carboxylic acids is 1. The average molecular weight is 348 g/mol. The molecule has 0 fully saturated rings. The first kappa shape index (κ1) is 17.6. The van der Waals surface area contributed by atoms with Gasteiger partial charge in [0.15, 0.2) is 18.1 Å². The van der Waals surface area contributed by atoms with Gasteiger partial charge in [0.2, 0.25) is 0 Å². The number of anilines is 1. The van der Waals surface area contributed by atoms with E-state index in [9.17, 15) is 4.79 Å². The summed E-state index contributed by atoms with van der Waals surface area (Å²) in [7, 11) is 1.51. The van der Waals surface area contributed by atoms with Crippen LogP contribution >= 0.6 is 11.6 Å².